The summed E-state index contributed by atoms with van der Waals surface area (Å²) in [5, 5.41) is 0. The van der Waals surface area contributed by atoms with Crippen molar-refractivity contribution in [3.63, 3.8) is 0 Å². The average Bonchev–Trinajstić information content (AvgIpc) is 3.41. The molecule has 0 fully saturated rings. The Morgan fingerprint density at radius 3 is 0.827 bits per heavy atom. The van der Waals surface area contributed by atoms with E-state index in [0.717, 1.165) is 128 Å². The van der Waals surface area contributed by atoms with Crippen molar-refractivity contribution in [1.29, 1.82) is 0 Å². The van der Waals surface area contributed by atoms with E-state index in [4.69, 9.17) is 14.2 Å². The molecular formula is C69H110O6. The molecule has 1 atom stereocenters. The van der Waals surface area contributed by atoms with Gasteiger partial charge in [-0.2, -0.15) is 0 Å². The van der Waals surface area contributed by atoms with Crippen molar-refractivity contribution < 1.29 is 28.6 Å². The highest BCUT2D eigenvalue weighted by molar-refractivity contribution is 5.71. The highest BCUT2D eigenvalue weighted by Crippen LogP contribution is 2.15. The van der Waals surface area contributed by atoms with E-state index in [1.54, 1.807) is 0 Å². The third-order valence-corrected chi connectivity index (χ3v) is 12.3. The smallest absolute Gasteiger partial charge is 0.306 e. The molecule has 0 saturated carbocycles. The van der Waals surface area contributed by atoms with Crippen molar-refractivity contribution in [1.82, 2.24) is 0 Å². The molecule has 0 aliphatic rings. The van der Waals surface area contributed by atoms with Crippen LogP contribution in [0.15, 0.2) is 146 Å². The summed E-state index contributed by atoms with van der Waals surface area (Å²) in [6.07, 6.45) is 88.5. The lowest BCUT2D eigenvalue weighted by atomic mass is 10.1. The van der Waals surface area contributed by atoms with Crippen LogP contribution in [0.25, 0.3) is 0 Å². The van der Waals surface area contributed by atoms with Crippen molar-refractivity contribution in [2.45, 2.75) is 258 Å². The SMILES string of the molecule is CC/C=C\C/C=C\C/C=C\C/C=C\C/C=C\C/C=C\CCC(=O)OCC(COC(=O)CCCCCCCCCCC/C=C\C/C=C\C/C=C\CC)OC(=O)CCCCCCCCCCC/C=C\C/C=C\C/C=C\CC. The molecule has 0 spiro atoms. The Morgan fingerprint density at radius 1 is 0.267 bits per heavy atom. The largest absolute Gasteiger partial charge is 0.462 e. The van der Waals surface area contributed by atoms with Crippen LogP contribution in [0.2, 0.25) is 0 Å². The standard InChI is InChI=1S/C69H110O6/c1-4-7-10-13-16-19-22-25-28-31-34-37-40-43-46-49-52-55-58-61-67(70)73-64-66(75-69(72)63-60-57-54-51-48-45-42-39-36-33-30-27-24-21-18-15-12-9-6-3)65-74-68(71)62-59-56-53-50-47-44-41-38-35-32-29-26-23-20-17-14-11-8-5-2/h7-12,16-21,25-30,34,37,43,46,52,55,66H,4-6,13-15,22-24,31-33,35-36,38-42,44-45,47-51,53-54,56-65H2,1-3H3/b10-7-,11-8-,12-9-,19-16-,20-17-,21-18-,28-25-,29-26-,30-27-,37-34-,46-43-,55-52-. The number of carbonyl (C=O) groups excluding carboxylic acids is 3. The van der Waals surface area contributed by atoms with Gasteiger partial charge in [0.25, 0.3) is 0 Å². The number of carbonyl (C=O) groups is 3. The van der Waals surface area contributed by atoms with Gasteiger partial charge in [-0.1, -0.05) is 256 Å². The highest BCUT2D eigenvalue weighted by atomic mass is 16.6. The molecule has 0 heterocycles. The zero-order valence-corrected chi connectivity index (χ0v) is 48.3. The van der Waals surface area contributed by atoms with Gasteiger partial charge in [0.2, 0.25) is 0 Å². The first-order valence-electron chi connectivity index (χ1n) is 30.3. The molecule has 0 rings (SSSR count). The van der Waals surface area contributed by atoms with Crippen LogP contribution in [-0.2, 0) is 28.6 Å². The van der Waals surface area contributed by atoms with Crippen LogP contribution in [0.5, 0.6) is 0 Å². The topological polar surface area (TPSA) is 78.9 Å². The summed E-state index contributed by atoms with van der Waals surface area (Å²) in [4.78, 5) is 38.3. The Morgan fingerprint density at radius 2 is 0.507 bits per heavy atom. The van der Waals surface area contributed by atoms with E-state index in [2.05, 4.69) is 161 Å². The molecular weight excluding hydrogens is 925 g/mol. The van der Waals surface area contributed by atoms with Crippen molar-refractivity contribution >= 4 is 17.9 Å². The van der Waals surface area contributed by atoms with Crippen LogP contribution in [0.3, 0.4) is 0 Å². The Labute approximate surface area is 461 Å². The number of ether oxygens (including phenoxy) is 3. The van der Waals surface area contributed by atoms with Gasteiger partial charge in [-0.25, -0.2) is 0 Å². The zero-order chi connectivity index (χ0) is 54.3. The fraction of sp³-hybridized carbons (Fsp3) is 0.609. The van der Waals surface area contributed by atoms with Crippen LogP contribution in [-0.4, -0.2) is 37.2 Å². The molecule has 0 aliphatic heterocycles. The summed E-state index contributed by atoms with van der Waals surface area (Å²) >= 11 is 0. The predicted octanol–water partition coefficient (Wildman–Crippen LogP) is 20.8. The van der Waals surface area contributed by atoms with Gasteiger partial charge in [0.05, 0.1) is 0 Å². The molecule has 0 aromatic rings. The number of rotatable bonds is 53. The minimum Gasteiger partial charge on any atom is -0.462 e. The van der Waals surface area contributed by atoms with Gasteiger partial charge in [0.15, 0.2) is 6.10 Å². The van der Waals surface area contributed by atoms with Crippen LogP contribution < -0.4 is 0 Å². The van der Waals surface area contributed by atoms with Gasteiger partial charge < -0.3 is 14.2 Å². The molecule has 0 radical (unpaired) electrons. The normalized spacial score (nSPS) is 13.2. The fourth-order valence-electron chi connectivity index (χ4n) is 7.91. The lowest BCUT2D eigenvalue weighted by Gasteiger charge is -2.18. The zero-order valence-electron chi connectivity index (χ0n) is 48.3. The van der Waals surface area contributed by atoms with Crippen molar-refractivity contribution in [2.75, 3.05) is 13.2 Å². The molecule has 75 heavy (non-hydrogen) atoms. The monoisotopic (exact) mass is 1030 g/mol. The molecule has 0 bridgehead atoms. The fourth-order valence-corrected chi connectivity index (χ4v) is 7.91. The molecule has 0 aliphatic carbocycles. The maximum Gasteiger partial charge on any atom is 0.306 e. The number of allylic oxidation sites excluding steroid dienone is 24. The average molecular weight is 1040 g/mol. The Kier molecular flexibility index (Phi) is 58.0. The molecule has 6 nitrogen and oxygen atoms in total. The summed E-state index contributed by atoms with van der Waals surface area (Å²) in [5.41, 5.74) is 0. The summed E-state index contributed by atoms with van der Waals surface area (Å²) in [6, 6.07) is 0. The van der Waals surface area contributed by atoms with Crippen LogP contribution in [0.1, 0.15) is 252 Å². The van der Waals surface area contributed by atoms with E-state index < -0.39 is 6.10 Å². The molecule has 0 amide bonds. The van der Waals surface area contributed by atoms with Crippen molar-refractivity contribution in [2.24, 2.45) is 0 Å². The van der Waals surface area contributed by atoms with Crippen molar-refractivity contribution in [3.8, 4) is 0 Å². The lowest BCUT2D eigenvalue weighted by Crippen LogP contribution is -2.30. The number of hydrogen-bond donors (Lipinski definition) is 0. The Balaban J connectivity index is 4.53. The molecule has 6 heteroatoms. The number of hydrogen-bond acceptors (Lipinski definition) is 6. The van der Waals surface area contributed by atoms with E-state index in [-0.39, 0.29) is 37.5 Å². The van der Waals surface area contributed by atoms with Gasteiger partial charge in [0.1, 0.15) is 13.2 Å². The molecule has 422 valence electrons. The third kappa shape index (κ3) is 60.0. The maximum absolute atomic E-state index is 12.9. The van der Waals surface area contributed by atoms with E-state index in [1.165, 1.54) is 77.0 Å². The summed E-state index contributed by atoms with van der Waals surface area (Å²) in [5.74, 6) is -1.01. The summed E-state index contributed by atoms with van der Waals surface area (Å²) in [6.45, 7) is 6.24. The van der Waals surface area contributed by atoms with Gasteiger partial charge >= 0.3 is 17.9 Å². The minimum absolute atomic E-state index is 0.111. The van der Waals surface area contributed by atoms with E-state index in [9.17, 15) is 14.4 Å². The van der Waals surface area contributed by atoms with Gasteiger partial charge in [-0.05, 0) is 122 Å². The second-order valence-electron chi connectivity index (χ2n) is 19.5. The quantitative estimate of drug-likeness (QED) is 0.0261. The third-order valence-electron chi connectivity index (χ3n) is 12.3. The molecule has 0 aromatic heterocycles. The Bertz CT molecular complexity index is 1660. The Hall–Kier alpha value is -4.71. The first-order chi connectivity index (χ1) is 37.0. The lowest BCUT2D eigenvalue weighted by molar-refractivity contribution is -0.166. The second-order valence-corrected chi connectivity index (χ2v) is 19.5. The molecule has 0 saturated heterocycles. The number of unbranched alkanes of at least 4 members (excludes halogenated alkanes) is 18. The van der Waals surface area contributed by atoms with E-state index >= 15 is 0 Å². The predicted molar refractivity (Wildman–Crippen MR) is 325 cm³/mol. The van der Waals surface area contributed by atoms with Crippen LogP contribution in [0.4, 0.5) is 0 Å². The highest BCUT2D eigenvalue weighted by Gasteiger charge is 2.19. The molecule has 0 N–H and O–H groups in total. The van der Waals surface area contributed by atoms with Gasteiger partial charge in [-0.3, -0.25) is 14.4 Å². The second kappa shape index (κ2) is 61.8. The van der Waals surface area contributed by atoms with Crippen molar-refractivity contribution in [3.05, 3.63) is 146 Å². The minimum atomic E-state index is -0.822. The molecule has 1 unspecified atom stereocenters. The number of esters is 3. The first-order valence-corrected chi connectivity index (χ1v) is 30.3. The van der Waals surface area contributed by atoms with Gasteiger partial charge in [0, 0.05) is 19.3 Å². The van der Waals surface area contributed by atoms with Crippen LogP contribution in [0, 0.1) is 0 Å². The van der Waals surface area contributed by atoms with Gasteiger partial charge in [-0.15, -0.1) is 0 Å². The summed E-state index contributed by atoms with van der Waals surface area (Å²) in [7, 11) is 0. The molecule has 0 aromatic carbocycles. The maximum atomic E-state index is 12.9. The first kappa shape index (κ1) is 70.3. The van der Waals surface area contributed by atoms with E-state index in [0.29, 0.717) is 19.3 Å². The van der Waals surface area contributed by atoms with Crippen LogP contribution >= 0.6 is 0 Å². The van der Waals surface area contributed by atoms with E-state index in [1.807, 2.05) is 6.08 Å². The summed E-state index contributed by atoms with van der Waals surface area (Å²) < 4.78 is 16.8.